The van der Waals surface area contributed by atoms with Crippen molar-refractivity contribution in [3.05, 3.63) is 12.2 Å². The maximum atomic E-state index is 10.7. The van der Waals surface area contributed by atoms with Gasteiger partial charge < -0.3 is 4.79 Å². The Bertz CT molecular complexity index is 149. The molecule has 0 fully saturated rings. The van der Waals surface area contributed by atoms with E-state index < -0.39 is 0 Å². The molecule has 1 heteroatoms. The molecule has 0 saturated carbocycles. The first-order valence-corrected chi connectivity index (χ1v) is 5.95. The highest BCUT2D eigenvalue weighted by molar-refractivity contribution is 5.53. The minimum absolute atomic E-state index is 0.310. The van der Waals surface area contributed by atoms with Gasteiger partial charge in [0, 0.05) is 5.92 Å². The molecular weight excluding hydrogens is 172 g/mol. The molecule has 0 aromatic heterocycles. The van der Waals surface area contributed by atoms with E-state index >= 15 is 0 Å². The summed E-state index contributed by atoms with van der Waals surface area (Å²) in [4.78, 5) is 10.7. The fraction of sp³-hybridized carbons (Fsp3) is 0.769. The zero-order valence-electron chi connectivity index (χ0n) is 9.67. The molecule has 0 N–H and O–H groups in total. The van der Waals surface area contributed by atoms with Crippen molar-refractivity contribution in [2.45, 2.75) is 58.8 Å². The van der Waals surface area contributed by atoms with E-state index in [2.05, 4.69) is 26.0 Å². The lowest BCUT2D eigenvalue weighted by molar-refractivity contribution is -0.111. The molecule has 0 saturated heterocycles. The molecule has 0 spiro atoms. The highest BCUT2D eigenvalue weighted by atomic mass is 16.1. The van der Waals surface area contributed by atoms with Gasteiger partial charge in [-0.25, -0.2) is 0 Å². The third-order valence-corrected chi connectivity index (χ3v) is 2.47. The van der Waals surface area contributed by atoms with Crippen molar-refractivity contribution in [2.75, 3.05) is 0 Å². The van der Waals surface area contributed by atoms with Crippen LogP contribution < -0.4 is 0 Å². The molecule has 0 aromatic carbocycles. The smallest absolute Gasteiger partial charge is 0.123 e. The van der Waals surface area contributed by atoms with E-state index in [1.165, 1.54) is 12.8 Å². The van der Waals surface area contributed by atoms with Gasteiger partial charge in [-0.3, -0.25) is 0 Å². The minimum Gasteiger partial charge on any atom is -0.303 e. The summed E-state index contributed by atoms with van der Waals surface area (Å²) in [7, 11) is 0. The summed E-state index contributed by atoms with van der Waals surface area (Å²) in [5.41, 5.74) is 0. The fourth-order valence-electron chi connectivity index (χ4n) is 1.53. The highest BCUT2D eigenvalue weighted by Gasteiger charge is 2.04. The maximum Gasteiger partial charge on any atom is 0.123 e. The second-order valence-corrected chi connectivity index (χ2v) is 3.85. The Labute approximate surface area is 88.6 Å². The Kier molecular flexibility index (Phi) is 10.0. The van der Waals surface area contributed by atoms with Crippen molar-refractivity contribution in [3.63, 3.8) is 0 Å². The summed E-state index contributed by atoms with van der Waals surface area (Å²) in [5.74, 6) is 0.310. The van der Waals surface area contributed by atoms with Gasteiger partial charge in [-0.15, -0.1) is 0 Å². The normalized spacial score (nSPS) is 13.3. The highest BCUT2D eigenvalue weighted by Crippen LogP contribution is 2.13. The zero-order valence-corrected chi connectivity index (χ0v) is 9.67. The molecule has 82 valence electrons. The van der Waals surface area contributed by atoms with Crippen LogP contribution in [-0.4, -0.2) is 6.29 Å². The van der Waals surface area contributed by atoms with Crippen LogP contribution in [0.25, 0.3) is 0 Å². The van der Waals surface area contributed by atoms with Crippen molar-refractivity contribution in [1.82, 2.24) is 0 Å². The van der Waals surface area contributed by atoms with Crippen LogP contribution in [0.4, 0.5) is 0 Å². The number of aldehydes is 1. The minimum atomic E-state index is 0.310. The van der Waals surface area contributed by atoms with Crippen LogP contribution in [0.1, 0.15) is 58.8 Å². The van der Waals surface area contributed by atoms with Crippen LogP contribution >= 0.6 is 0 Å². The largest absolute Gasteiger partial charge is 0.303 e. The summed E-state index contributed by atoms with van der Waals surface area (Å²) in [6, 6.07) is 0. The van der Waals surface area contributed by atoms with Gasteiger partial charge in [0.1, 0.15) is 6.29 Å². The molecule has 0 aliphatic heterocycles. The maximum absolute atomic E-state index is 10.7. The first kappa shape index (κ1) is 13.4. The van der Waals surface area contributed by atoms with Gasteiger partial charge in [-0.05, 0) is 32.1 Å². The van der Waals surface area contributed by atoms with Gasteiger partial charge in [0.2, 0.25) is 0 Å². The monoisotopic (exact) mass is 196 g/mol. The second-order valence-electron chi connectivity index (χ2n) is 3.85. The van der Waals surface area contributed by atoms with Crippen LogP contribution in [-0.2, 0) is 4.79 Å². The van der Waals surface area contributed by atoms with Crippen molar-refractivity contribution in [2.24, 2.45) is 5.92 Å². The second kappa shape index (κ2) is 10.5. The molecule has 1 unspecified atom stereocenters. The number of carbonyl (C=O) groups excluding carboxylic acids is 1. The molecule has 0 aliphatic rings. The average Bonchev–Trinajstić information content (AvgIpc) is 2.22. The topological polar surface area (TPSA) is 17.1 Å². The number of allylic oxidation sites excluding steroid dienone is 2. The van der Waals surface area contributed by atoms with Crippen LogP contribution in [0, 0.1) is 5.92 Å². The van der Waals surface area contributed by atoms with E-state index in [4.69, 9.17) is 0 Å². The molecular formula is C13H24O. The van der Waals surface area contributed by atoms with E-state index in [1.807, 2.05) is 0 Å². The average molecular weight is 196 g/mol. The summed E-state index contributed by atoms with van der Waals surface area (Å²) in [5, 5.41) is 0. The number of rotatable bonds is 9. The predicted molar refractivity (Wildman–Crippen MR) is 62.4 cm³/mol. The molecule has 0 radical (unpaired) electrons. The Morgan fingerprint density at radius 3 is 2.36 bits per heavy atom. The third kappa shape index (κ3) is 8.03. The Hall–Kier alpha value is -0.590. The van der Waals surface area contributed by atoms with Crippen molar-refractivity contribution < 1.29 is 4.79 Å². The van der Waals surface area contributed by atoms with E-state index in [9.17, 15) is 4.79 Å². The molecule has 0 amide bonds. The van der Waals surface area contributed by atoms with Gasteiger partial charge in [0.05, 0.1) is 0 Å². The Morgan fingerprint density at radius 2 is 1.79 bits per heavy atom. The molecule has 1 nitrogen and oxygen atoms in total. The molecule has 1 atom stereocenters. The summed E-state index contributed by atoms with van der Waals surface area (Å²) in [6.07, 6.45) is 13.5. The lowest BCUT2D eigenvalue weighted by atomic mass is 9.97. The molecule has 0 aliphatic carbocycles. The predicted octanol–water partition coefficient (Wildman–Crippen LogP) is 4.13. The van der Waals surface area contributed by atoms with Gasteiger partial charge in [0.15, 0.2) is 0 Å². The van der Waals surface area contributed by atoms with Crippen LogP contribution in [0.15, 0.2) is 12.2 Å². The van der Waals surface area contributed by atoms with Crippen molar-refractivity contribution in [1.29, 1.82) is 0 Å². The summed E-state index contributed by atoms with van der Waals surface area (Å²) in [6.45, 7) is 4.32. The first-order valence-electron chi connectivity index (χ1n) is 5.95. The van der Waals surface area contributed by atoms with E-state index in [-0.39, 0.29) is 0 Å². The van der Waals surface area contributed by atoms with Crippen LogP contribution in [0.3, 0.4) is 0 Å². The van der Waals surface area contributed by atoms with Crippen molar-refractivity contribution in [3.8, 4) is 0 Å². The van der Waals surface area contributed by atoms with Crippen LogP contribution in [0.2, 0.25) is 0 Å². The number of hydrogen-bond acceptors (Lipinski definition) is 1. The Morgan fingerprint density at radius 1 is 1.07 bits per heavy atom. The number of unbranched alkanes of at least 4 members (excludes halogenated alkanes) is 2. The molecule has 0 heterocycles. The third-order valence-electron chi connectivity index (χ3n) is 2.47. The van der Waals surface area contributed by atoms with Gasteiger partial charge in [0.25, 0.3) is 0 Å². The summed E-state index contributed by atoms with van der Waals surface area (Å²) < 4.78 is 0. The lowest BCUT2D eigenvalue weighted by Gasteiger charge is -2.07. The molecule has 14 heavy (non-hydrogen) atoms. The first-order chi connectivity index (χ1) is 6.85. The fourth-order valence-corrected chi connectivity index (χ4v) is 1.53. The summed E-state index contributed by atoms with van der Waals surface area (Å²) >= 11 is 0. The molecule has 0 rings (SSSR count). The van der Waals surface area contributed by atoms with E-state index in [0.717, 1.165) is 38.4 Å². The molecule has 0 bridgehead atoms. The number of carbonyl (C=O) groups is 1. The lowest BCUT2D eigenvalue weighted by Crippen LogP contribution is -2.01. The van der Waals surface area contributed by atoms with Crippen molar-refractivity contribution >= 4 is 6.29 Å². The standard InChI is InChI=1S/C13H24O/c1-3-5-7-8-9-11-13(12-14)10-6-4-2/h5,7,12-13H,3-4,6,8-11H2,1-2H3. The van der Waals surface area contributed by atoms with E-state index in [1.54, 1.807) is 0 Å². The van der Waals surface area contributed by atoms with Gasteiger partial charge >= 0.3 is 0 Å². The van der Waals surface area contributed by atoms with E-state index in [0.29, 0.717) is 5.92 Å². The Balaban J connectivity index is 3.42. The number of hydrogen-bond donors (Lipinski definition) is 0. The zero-order chi connectivity index (χ0) is 10.6. The SMILES string of the molecule is CCC=CCCCC(C=O)CCCC. The van der Waals surface area contributed by atoms with Gasteiger partial charge in [-0.2, -0.15) is 0 Å². The molecule has 0 aromatic rings. The quantitative estimate of drug-likeness (QED) is 0.308. The van der Waals surface area contributed by atoms with Crippen LogP contribution in [0.5, 0.6) is 0 Å². The van der Waals surface area contributed by atoms with Gasteiger partial charge in [-0.1, -0.05) is 38.8 Å².